The molecule has 1 rings (SSSR count). The minimum atomic E-state index is 0.756. The van der Waals surface area contributed by atoms with Crippen LogP contribution < -0.4 is 5.32 Å². The highest BCUT2D eigenvalue weighted by Gasteiger charge is 2.29. The Morgan fingerprint density at radius 1 is 1.54 bits per heavy atom. The second-order valence-corrected chi connectivity index (χ2v) is 4.72. The number of ether oxygens (including phenoxy) is 1. The summed E-state index contributed by atoms with van der Waals surface area (Å²) in [5.74, 6) is 3.35. The molecule has 0 aliphatic heterocycles. The summed E-state index contributed by atoms with van der Waals surface area (Å²) < 4.78 is 5.02. The first kappa shape index (κ1) is 11.3. The molecule has 1 atom stereocenters. The van der Waals surface area contributed by atoms with Crippen molar-refractivity contribution in [3.63, 3.8) is 0 Å². The molecule has 1 unspecified atom stereocenters. The topological polar surface area (TPSA) is 21.3 Å². The number of nitrogens with one attached hydrogen (secondary N) is 1. The van der Waals surface area contributed by atoms with Crippen LogP contribution in [0.15, 0.2) is 0 Å². The summed E-state index contributed by atoms with van der Waals surface area (Å²) in [4.78, 5) is 0. The lowest BCUT2D eigenvalue weighted by Crippen LogP contribution is -2.33. The third-order valence-corrected chi connectivity index (χ3v) is 3.44. The van der Waals surface area contributed by atoms with E-state index in [1.807, 2.05) is 11.8 Å². The maximum absolute atomic E-state index is 5.02. The van der Waals surface area contributed by atoms with Gasteiger partial charge in [0.05, 0.1) is 6.61 Å². The van der Waals surface area contributed by atoms with E-state index in [1.165, 1.54) is 18.6 Å². The van der Waals surface area contributed by atoms with Gasteiger partial charge in [-0.3, -0.25) is 0 Å². The van der Waals surface area contributed by atoms with Gasteiger partial charge in [-0.25, -0.2) is 0 Å². The fourth-order valence-corrected chi connectivity index (χ4v) is 2.57. The third-order valence-electron chi connectivity index (χ3n) is 2.39. The molecule has 0 saturated heterocycles. The van der Waals surface area contributed by atoms with Crippen LogP contribution in [0, 0.1) is 5.92 Å². The van der Waals surface area contributed by atoms with Crippen LogP contribution in [0.5, 0.6) is 0 Å². The Morgan fingerprint density at radius 3 is 2.85 bits per heavy atom. The van der Waals surface area contributed by atoms with E-state index in [9.17, 15) is 0 Å². The highest BCUT2D eigenvalue weighted by atomic mass is 32.2. The van der Waals surface area contributed by atoms with Gasteiger partial charge in [0.2, 0.25) is 0 Å². The standard InChI is InChI=1S/C10H21NOS/c1-3-11-10(9-4-5-9)8-13-7-6-12-2/h9-11H,3-8H2,1-2H3. The quantitative estimate of drug-likeness (QED) is 0.607. The maximum Gasteiger partial charge on any atom is 0.0552 e. The molecular formula is C10H21NOS. The van der Waals surface area contributed by atoms with Gasteiger partial charge < -0.3 is 10.1 Å². The Labute approximate surface area is 85.8 Å². The largest absolute Gasteiger partial charge is 0.384 e. The van der Waals surface area contributed by atoms with Gasteiger partial charge in [-0.1, -0.05) is 6.92 Å². The van der Waals surface area contributed by atoms with E-state index in [2.05, 4.69) is 12.2 Å². The van der Waals surface area contributed by atoms with Gasteiger partial charge in [0.1, 0.15) is 0 Å². The van der Waals surface area contributed by atoms with Crippen LogP contribution in [0.4, 0.5) is 0 Å². The van der Waals surface area contributed by atoms with Gasteiger partial charge >= 0.3 is 0 Å². The van der Waals surface area contributed by atoms with E-state index in [0.717, 1.165) is 30.9 Å². The Morgan fingerprint density at radius 2 is 2.31 bits per heavy atom. The molecule has 0 amide bonds. The second-order valence-electron chi connectivity index (χ2n) is 3.57. The summed E-state index contributed by atoms with van der Waals surface area (Å²) in [5.41, 5.74) is 0. The zero-order valence-corrected chi connectivity index (χ0v) is 9.53. The molecule has 1 fully saturated rings. The molecule has 0 spiro atoms. The van der Waals surface area contributed by atoms with Crippen LogP contribution in [0.2, 0.25) is 0 Å². The van der Waals surface area contributed by atoms with Gasteiger partial charge in [0.15, 0.2) is 0 Å². The van der Waals surface area contributed by atoms with Crippen LogP contribution in [0.3, 0.4) is 0 Å². The predicted molar refractivity (Wildman–Crippen MR) is 59.4 cm³/mol. The lowest BCUT2D eigenvalue weighted by atomic mass is 10.2. The SMILES string of the molecule is CCNC(CSCCOC)C1CC1. The number of rotatable bonds is 8. The van der Waals surface area contributed by atoms with Crippen LogP contribution in [0.25, 0.3) is 0 Å². The summed E-state index contributed by atoms with van der Waals surface area (Å²) in [5, 5.41) is 3.56. The van der Waals surface area contributed by atoms with Gasteiger partial charge in [-0.05, 0) is 25.3 Å². The van der Waals surface area contributed by atoms with E-state index < -0.39 is 0 Å². The average molecular weight is 203 g/mol. The van der Waals surface area contributed by atoms with Crippen LogP contribution in [0.1, 0.15) is 19.8 Å². The van der Waals surface area contributed by atoms with E-state index in [0.29, 0.717) is 0 Å². The molecule has 1 aliphatic rings. The lowest BCUT2D eigenvalue weighted by molar-refractivity contribution is 0.218. The molecule has 0 heterocycles. The summed E-state index contributed by atoms with van der Waals surface area (Å²) in [6.45, 7) is 4.18. The molecule has 0 aromatic carbocycles. The first-order valence-electron chi connectivity index (χ1n) is 5.18. The average Bonchev–Trinajstić information content (AvgIpc) is 2.93. The zero-order valence-electron chi connectivity index (χ0n) is 8.71. The van der Waals surface area contributed by atoms with Crippen molar-refractivity contribution < 1.29 is 4.74 Å². The highest BCUT2D eigenvalue weighted by molar-refractivity contribution is 7.99. The van der Waals surface area contributed by atoms with Crippen molar-refractivity contribution in [1.29, 1.82) is 0 Å². The Hall–Kier alpha value is 0.270. The third kappa shape index (κ3) is 4.89. The Balaban J connectivity index is 2.00. The molecule has 13 heavy (non-hydrogen) atoms. The molecule has 1 aliphatic carbocycles. The Bertz CT molecular complexity index is 128. The minimum Gasteiger partial charge on any atom is -0.384 e. The van der Waals surface area contributed by atoms with Crippen molar-refractivity contribution in [1.82, 2.24) is 5.32 Å². The molecule has 3 heteroatoms. The molecular weight excluding hydrogens is 182 g/mol. The monoisotopic (exact) mass is 203 g/mol. The molecule has 1 saturated carbocycles. The number of hydrogen-bond donors (Lipinski definition) is 1. The van der Waals surface area contributed by atoms with Crippen LogP contribution in [-0.4, -0.2) is 37.8 Å². The smallest absolute Gasteiger partial charge is 0.0552 e. The normalized spacial score (nSPS) is 18.9. The summed E-state index contributed by atoms with van der Waals surface area (Å²) in [6, 6.07) is 0.756. The lowest BCUT2D eigenvalue weighted by Gasteiger charge is -2.16. The van der Waals surface area contributed by atoms with Crippen molar-refractivity contribution >= 4 is 11.8 Å². The first-order chi connectivity index (χ1) is 6.38. The van der Waals surface area contributed by atoms with Gasteiger partial charge in [0, 0.05) is 24.7 Å². The highest BCUT2D eigenvalue weighted by Crippen LogP contribution is 2.33. The summed E-state index contributed by atoms with van der Waals surface area (Å²) in [6.07, 6.45) is 2.87. The number of thioether (sulfide) groups is 1. The molecule has 1 N–H and O–H groups in total. The van der Waals surface area contributed by atoms with E-state index in [4.69, 9.17) is 4.74 Å². The maximum atomic E-state index is 5.02. The molecule has 0 aromatic heterocycles. The van der Waals surface area contributed by atoms with E-state index in [1.54, 1.807) is 7.11 Å². The van der Waals surface area contributed by atoms with Crippen molar-refractivity contribution in [2.24, 2.45) is 5.92 Å². The van der Waals surface area contributed by atoms with Crippen molar-refractivity contribution in [2.75, 3.05) is 31.8 Å². The fourth-order valence-electron chi connectivity index (χ4n) is 1.48. The number of hydrogen-bond acceptors (Lipinski definition) is 3. The fraction of sp³-hybridized carbons (Fsp3) is 1.00. The molecule has 0 radical (unpaired) electrons. The molecule has 2 nitrogen and oxygen atoms in total. The minimum absolute atomic E-state index is 0.756. The molecule has 78 valence electrons. The molecule has 0 bridgehead atoms. The summed E-state index contributed by atoms with van der Waals surface area (Å²) >= 11 is 2.01. The predicted octanol–water partition coefficient (Wildman–Crippen LogP) is 1.75. The Kier molecular flexibility index (Phi) is 5.83. The zero-order chi connectivity index (χ0) is 9.52. The number of methoxy groups -OCH3 is 1. The molecule has 0 aromatic rings. The van der Waals surface area contributed by atoms with E-state index >= 15 is 0 Å². The van der Waals surface area contributed by atoms with Gasteiger partial charge in [-0.15, -0.1) is 0 Å². The van der Waals surface area contributed by atoms with Gasteiger partial charge in [0.25, 0.3) is 0 Å². The van der Waals surface area contributed by atoms with Crippen LogP contribution in [-0.2, 0) is 4.74 Å². The van der Waals surface area contributed by atoms with Gasteiger partial charge in [-0.2, -0.15) is 11.8 Å². The first-order valence-corrected chi connectivity index (χ1v) is 6.34. The summed E-state index contributed by atoms with van der Waals surface area (Å²) in [7, 11) is 1.77. The van der Waals surface area contributed by atoms with Crippen molar-refractivity contribution in [3.05, 3.63) is 0 Å². The van der Waals surface area contributed by atoms with E-state index in [-0.39, 0.29) is 0 Å². The van der Waals surface area contributed by atoms with Crippen molar-refractivity contribution in [3.8, 4) is 0 Å². The van der Waals surface area contributed by atoms with Crippen molar-refractivity contribution in [2.45, 2.75) is 25.8 Å². The van der Waals surface area contributed by atoms with Crippen LogP contribution >= 0.6 is 11.8 Å². The second kappa shape index (κ2) is 6.68.